The van der Waals surface area contributed by atoms with E-state index in [1.165, 1.54) is 0 Å². The zero-order valence-corrected chi connectivity index (χ0v) is 11.7. The molecule has 0 fully saturated rings. The summed E-state index contributed by atoms with van der Waals surface area (Å²) in [6.07, 6.45) is 1.77. The Hall–Kier alpha value is -0.840. The third-order valence-electron chi connectivity index (χ3n) is 2.66. The molecular formula is C12H13BrClN3. The van der Waals surface area contributed by atoms with Crippen molar-refractivity contribution in [1.82, 2.24) is 9.78 Å². The van der Waals surface area contributed by atoms with E-state index < -0.39 is 0 Å². The molecule has 5 heteroatoms. The lowest BCUT2D eigenvalue weighted by molar-refractivity contribution is 0.599. The molecule has 0 aliphatic rings. The predicted molar refractivity (Wildman–Crippen MR) is 73.1 cm³/mol. The van der Waals surface area contributed by atoms with Crippen molar-refractivity contribution < 1.29 is 0 Å². The molecule has 0 saturated carbocycles. The van der Waals surface area contributed by atoms with Crippen LogP contribution in [0.3, 0.4) is 0 Å². The standard InChI is InChI=1S/C12H13BrClN3/c1-2-17-12(10(13)7-16-17)11(15)8-3-5-9(14)6-4-8/h3-7,11H,2,15H2,1H3. The average Bonchev–Trinajstić information content (AvgIpc) is 2.70. The fourth-order valence-electron chi connectivity index (χ4n) is 1.76. The first kappa shape index (κ1) is 12.6. The summed E-state index contributed by atoms with van der Waals surface area (Å²) < 4.78 is 2.82. The number of hydrogen-bond donors (Lipinski definition) is 1. The smallest absolute Gasteiger partial charge is 0.0738 e. The van der Waals surface area contributed by atoms with Crippen LogP contribution in [0.25, 0.3) is 0 Å². The Bertz CT molecular complexity index is 507. The maximum Gasteiger partial charge on any atom is 0.0738 e. The lowest BCUT2D eigenvalue weighted by Crippen LogP contribution is -2.17. The highest BCUT2D eigenvalue weighted by Crippen LogP contribution is 2.27. The van der Waals surface area contributed by atoms with Gasteiger partial charge in [-0.3, -0.25) is 4.68 Å². The van der Waals surface area contributed by atoms with E-state index in [-0.39, 0.29) is 6.04 Å². The minimum Gasteiger partial charge on any atom is -0.319 e. The molecule has 0 amide bonds. The zero-order chi connectivity index (χ0) is 12.4. The summed E-state index contributed by atoms with van der Waals surface area (Å²) in [4.78, 5) is 0. The number of hydrogen-bond acceptors (Lipinski definition) is 2. The van der Waals surface area contributed by atoms with Crippen LogP contribution < -0.4 is 5.73 Å². The third-order valence-corrected chi connectivity index (χ3v) is 3.52. The fraction of sp³-hybridized carbons (Fsp3) is 0.250. The van der Waals surface area contributed by atoms with Gasteiger partial charge in [-0.2, -0.15) is 5.10 Å². The van der Waals surface area contributed by atoms with Gasteiger partial charge in [-0.25, -0.2) is 0 Å². The minimum atomic E-state index is -0.205. The van der Waals surface area contributed by atoms with E-state index in [2.05, 4.69) is 21.0 Å². The highest BCUT2D eigenvalue weighted by molar-refractivity contribution is 9.10. The van der Waals surface area contributed by atoms with Crippen LogP contribution >= 0.6 is 27.5 Å². The van der Waals surface area contributed by atoms with Crippen LogP contribution in [0.2, 0.25) is 5.02 Å². The zero-order valence-electron chi connectivity index (χ0n) is 9.40. The Morgan fingerprint density at radius 1 is 1.41 bits per heavy atom. The van der Waals surface area contributed by atoms with E-state index >= 15 is 0 Å². The van der Waals surface area contributed by atoms with Crippen molar-refractivity contribution in [1.29, 1.82) is 0 Å². The van der Waals surface area contributed by atoms with Gasteiger partial charge in [0.25, 0.3) is 0 Å². The monoisotopic (exact) mass is 313 g/mol. The molecule has 0 spiro atoms. The van der Waals surface area contributed by atoms with Crippen molar-refractivity contribution in [2.24, 2.45) is 5.73 Å². The Balaban J connectivity index is 2.39. The van der Waals surface area contributed by atoms with Crippen LogP contribution in [0, 0.1) is 0 Å². The molecule has 0 bridgehead atoms. The van der Waals surface area contributed by atoms with Crippen LogP contribution in [0.4, 0.5) is 0 Å². The first-order chi connectivity index (χ1) is 8.13. The summed E-state index contributed by atoms with van der Waals surface area (Å²) in [6, 6.07) is 7.36. The molecule has 2 aromatic rings. The third kappa shape index (κ3) is 2.54. The first-order valence-corrected chi connectivity index (χ1v) is 6.52. The second-order valence-corrected chi connectivity index (χ2v) is 5.01. The minimum absolute atomic E-state index is 0.205. The van der Waals surface area contributed by atoms with Crippen LogP contribution in [0.5, 0.6) is 0 Å². The number of aryl methyl sites for hydroxylation is 1. The van der Waals surface area contributed by atoms with Gasteiger partial charge >= 0.3 is 0 Å². The molecule has 1 aromatic heterocycles. The van der Waals surface area contributed by atoms with Gasteiger partial charge in [0, 0.05) is 11.6 Å². The van der Waals surface area contributed by atoms with Crippen molar-refractivity contribution in [3.05, 3.63) is 51.2 Å². The van der Waals surface area contributed by atoms with Gasteiger partial charge in [-0.15, -0.1) is 0 Å². The summed E-state index contributed by atoms with van der Waals surface area (Å²) >= 11 is 9.34. The van der Waals surface area contributed by atoms with Gasteiger partial charge < -0.3 is 5.73 Å². The normalized spacial score (nSPS) is 12.7. The number of benzene rings is 1. The van der Waals surface area contributed by atoms with Crippen LogP contribution in [-0.2, 0) is 6.54 Å². The highest BCUT2D eigenvalue weighted by atomic mass is 79.9. The van der Waals surface area contributed by atoms with Gasteiger partial charge in [-0.1, -0.05) is 23.7 Å². The lowest BCUT2D eigenvalue weighted by atomic mass is 10.0. The summed E-state index contributed by atoms with van der Waals surface area (Å²) in [5.74, 6) is 0. The van der Waals surface area contributed by atoms with Gasteiger partial charge in [0.05, 0.1) is 22.4 Å². The Labute approximate surface area is 114 Å². The molecule has 0 aliphatic heterocycles. The molecule has 1 heterocycles. The maximum atomic E-state index is 6.25. The Kier molecular flexibility index (Phi) is 3.86. The number of rotatable bonds is 3. The molecule has 1 atom stereocenters. The number of nitrogens with zero attached hydrogens (tertiary/aromatic N) is 2. The molecule has 17 heavy (non-hydrogen) atoms. The summed E-state index contributed by atoms with van der Waals surface area (Å²) in [5, 5.41) is 4.97. The number of aromatic nitrogens is 2. The Morgan fingerprint density at radius 2 is 2.06 bits per heavy atom. The summed E-state index contributed by atoms with van der Waals surface area (Å²) in [6.45, 7) is 2.83. The molecule has 0 radical (unpaired) electrons. The van der Waals surface area contributed by atoms with Gasteiger partial charge in [0.1, 0.15) is 0 Å². The second-order valence-electron chi connectivity index (χ2n) is 3.72. The lowest BCUT2D eigenvalue weighted by Gasteiger charge is -2.14. The van der Waals surface area contributed by atoms with Crippen LogP contribution in [-0.4, -0.2) is 9.78 Å². The average molecular weight is 315 g/mol. The predicted octanol–water partition coefficient (Wildman–Crippen LogP) is 3.37. The van der Waals surface area contributed by atoms with Crippen molar-refractivity contribution in [2.75, 3.05) is 0 Å². The molecule has 1 unspecified atom stereocenters. The number of halogens is 2. The molecule has 90 valence electrons. The van der Waals surface area contributed by atoms with E-state index in [1.54, 1.807) is 6.20 Å². The largest absolute Gasteiger partial charge is 0.319 e. The Morgan fingerprint density at radius 3 is 2.65 bits per heavy atom. The van der Waals surface area contributed by atoms with Crippen molar-refractivity contribution in [2.45, 2.75) is 19.5 Å². The molecule has 2 rings (SSSR count). The van der Waals surface area contributed by atoms with Crippen LogP contribution in [0.15, 0.2) is 34.9 Å². The molecule has 0 saturated heterocycles. The van der Waals surface area contributed by atoms with E-state index in [4.69, 9.17) is 17.3 Å². The quantitative estimate of drug-likeness (QED) is 0.944. The highest BCUT2D eigenvalue weighted by Gasteiger charge is 2.17. The molecular weight excluding hydrogens is 302 g/mol. The van der Waals surface area contributed by atoms with E-state index in [0.717, 1.165) is 22.3 Å². The number of nitrogens with two attached hydrogens (primary N) is 1. The maximum absolute atomic E-state index is 6.25. The SMILES string of the molecule is CCn1ncc(Br)c1C(N)c1ccc(Cl)cc1. The van der Waals surface area contributed by atoms with Crippen molar-refractivity contribution in [3.8, 4) is 0 Å². The first-order valence-electron chi connectivity index (χ1n) is 5.35. The summed E-state index contributed by atoms with van der Waals surface area (Å²) in [5.41, 5.74) is 8.25. The topological polar surface area (TPSA) is 43.8 Å². The molecule has 3 nitrogen and oxygen atoms in total. The molecule has 0 aliphatic carbocycles. The van der Waals surface area contributed by atoms with E-state index in [0.29, 0.717) is 5.02 Å². The van der Waals surface area contributed by atoms with Gasteiger partial charge in [-0.05, 0) is 40.5 Å². The van der Waals surface area contributed by atoms with Gasteiger partial charge in [0.15, 0.2) is 0 Å². The van der Waals surface area contributed by atoms with E-state index in [9.17, 15) is 0 Å². The fourth-order valence-corrected chi connectivity index (χ4v) is 2.43. The van der Waals surface area contributed by atoms with E-state index in [1.807, 2.05) is 35.9 Å². The molecule has 1 aromatic carbocycles. The molecule has 2 N–H and O–H groups in total. The van der Waals surface area contributed by atoms with Crippen LogP contribution in [0.1, 0.15) is 24.2 Å². The van der Waals surface area contributed by atoms with Gasteiger partial charge in [0.2, 0.25) is 0 Å². The van der Waals surface area contributed by atoms with Crippen molar-refractivity contribution >= 4 is 27.5 Å². The van der Waals surface area contributed by atoms with Crippen molar-refractivity contribution in [3.63, 3.8) is 0 Å². The summed E-state index contributed by atoms with van der Waals surface area (Å²) in [7, 11) is 0. The second kappa shape index (κ2) is 5.21.